The van der Waals surface area contributed by atoms with Crippen molar-refractivity contribution in [3.05, 3.63) is 51.2 Å². The molecule has 1 fully saturated rings. The number of furan rings is 1. The van der Waals surface area contributed by atoms with Crippen molar-refractivity contribution in [3.8, 4) is 11.3 Å². The summed E-state index contributed by atoms with van der Waals surface area (Å²) >= 11 is 1.73. The Morgan fingerprint density at radius 2 is 2.17 bits per heavy atom. The first kappa shape index (κ1) is 19.6. The van der Waals surface area contributed by atoms with Crippen molar-refractivity contribution in [2.75, 3.05) is 6.54 Å². The lowest BCUT2D eigenvalue weighted by molar-refractivity contribution is 0.0937. The molecule has 1 aliphatic heterocycles. The molecule has 0 spiro atoms. The number of hydrogen-bond acceptors (Lipinski definition) is 6. The van der Waals surface area contributed by atoms with Crippen LogP contribution in [0.1, 0.15) is 65.1 Å². The molecule has 30 heavy (non-hydrogen) atoms. The molecule has 158 valence electrons. The lowest BCUT2D eigenvalue weighted by Gasteiger charge is -2.34. The van der Waals surface area contributed by atoms with Gasteiger partial charge >= 0.3 is 0 Å². The van der Waals surface area contributed by atoms with Crippen LogP contribution >= 0.6 is 11.3 Å². The zero-order chi connectivity index (χ0) is 20.5. The number of thiophene rings is 1. The van der Waals surface area contributed by atoms with E-state index in [0.717, 1.165) is 54.3 Å². The van der Waals surface area contributed by atoms with Gasteiger partial charge in [0.2, 0.25) is 0 Å². The third kappa shape index (κ3) is 3.72. The van der Waals surface area contributed by atoms with Crippen LogP contribution in [0.25, 0.3) is 11.3 Å². The summed E-state index contributed by atoms with van der Waals surface area (Å²) in [5.74, 6) is 2.26. The van der Waals surface area contributed by atoms with Crippen molar-refractivity contribution < 1.29 is 13.7 Å². The van der Waals surface area contributed by atoms with Crippen LogP contribution in [-0.4, -0.2) is 28.6 Å². The summed E-state index contributed by atoms with van der Waals surface area (Å²) < 4.78 is 11.5. The van der Waals surface area contributed by atoms with Crippen molar-refractivity contribution in [3.63, 3.8) is 0 Å². The Morgan fingerprint density at radius 3 is 3.07 bits per heavy atom. The number of nitrogens with zero attached hydrogens (tertiary/aromatic N) is 2. The average Bonchev–Trinajstić information content (AvgIpc) is 3.50. The fraction of sp³-hybridized carbons (Fsp3) is 0.478. The van der Waals surface area contributed by atoms with Gasteiger partial charge in [0.1, 0.15) is 11.5 Å². The number of nitrogens with one attached hydrogen (secondary N) is 1. The standard InChI is InChI=1S/C23H27N3O3S/c1-2-15-5-3-4-11-26(15)14-17-7-6-16(28-17)13-24-23(27)21-19-8-9-20-18(10-12-30-20)22(19)29-25-21/h6-7,10,12,15H,2-5,8-9,11,13-14H2,1H3,(H,24,27)/t15-/m1/s1. The molecule has 0 aromatic carbocycles. The van der Waals surface area contributed by atoms with Gasteiger partial charge in [-0.25, -0.2) is 0 Å². The zero-order valence-electron chi connectivity index (χ0n) is 17.3. The van der Waals surface area contributed by atoms with Crippen LogP contribution in [0.4, 0.5) is 0 Å². The number of rotatable bonds is 6. The number of carbonyl (C=O) groups excluding carboxylic acids is 1. The predicted octanol–water partition coefficient (Wildman–Crippen LogP) is 4.79. The normalized spacial score (nSPS) is 18.8. The summed E-state index contributed by atoms with van der Waals surface area (Å²) in [6.45, 7) is 4.58. The molecule has 3 aromatic heterocycles. The highest BCUT2D eigenvalue weighted by atomic mass is 32.1. The van der Waals surface area contributed by atoms with Gasteiger partial charge in [-0.05, 0) is 62.2 Å². The summed E-state index contributed by atoms with van der Waals surface area (Å²) in [6.07, 6.45) is 6.75. The van der Waals surface area contributed by atoms with E-state index in [9.17, 15) is 4.79 Å². The molecule has 0 unspecified atom stereocenters. The number of amides is 1. The number of likely N-dealkylation sites (tertiary alicyclic amines) is 1. The van der Waals surface area contributed by atoms with Crippen molar-refractivity contribution in [1.82, 2.24) is 15.4 Å². The highest BCUT2D eigenvalue weighted by molar-refractivity contribution is 7.10. The van der Waals surface area contributed by atoms with E-state index in [-0.39, 0.29) is 5.91 Å². The van der Waals surface area contributed by atoms with Gasteiger partial charge in [-0.15, -0.1) is 11.3 Å². The molecule has 0 radical (unpaired) electrons. The maximum atomic E-state index is 12.7. The molecule has 2 aliphatic rings. The molecule has 1 amide bonds. The van der Waals surface area contributed by atoms with Crippen LogP contribution in [0.3, 0.4) is 0 Å². The highest BCUT2D eigenvalue weighted by Crippen LogP contribution is 2.38. The molecule has 1 N–H and O–H groups in total. The van der Waals surface area contributed by atoms with E-state index in [0.29, 0.717) is 18.3 Å². The molecule has 1 saturated heterocycles. The third-order valence-electron chi connectivity index (χ3n) is 6.32. The van der Waals surface area contributed by atoms with Gasteiger partial charge in [-0.3, -0.25) is 9.69 Å². The zero-order valence-corrected chi connectivity index (χ0v) is 18.1. The molecular formula is C23H27N3O3S. The predicted molar refractivity (Wildman–Crippen MR) is 115 cm³/mol. The van der Waals surface area contributed by atoms with E-state index in [1.807, 2.05) is 18.2 Å². The van der Waals surface area contributed by atoms with E-state index < -0.39 is 0 Å². The minimum Gasteiger partial charge on any atom is -0.463 e. The third-order valence-corrected chi connectivity index (χ3v) is 7.30. The second-order valence-electron chi connectivity index (χ2n) is 8.18. The van der Waals surface area contributed by atoms with E-state index in [2.05, 4.69) is 27.7 Å². The first-order valence-electron chi connectivity index (χ1n) is 10.9. The summed E-state index contributed by atoms with van der Waals surface area (Å²) in [5, 5.41) is 9.07. The van der Waals surface area contributed by atoms with Gasteiger partial charge in [-0.2, -0.15) is 0 Å². The lowest BCUT2D eigenvalue weighted by atomic mass is 9.95. The molecule has 1 atom stereocenters. The van der Waals surface area contributed by atoms with Gasteiger partial charge in [0, 0.05) is 22.0 Å². The largest absolute Gasteiger partial charge is 0.463 e. The summed E-state index contributed by atoms with van der Waals surface area (Å²) in [5.41, 5.74) is 2.38. The minimum absolute atomic E-state index is 0.210. The van der Waals surface area contributed by atoms with E-state index in [4.69, 9.17) is 8.94 Å². The SMILES string of the molecule is CC[C@@H]1CCCCN1Cc1ccc(CNC(=O)c2noc3c2CCc2sccc2-3)o1. The number of carbonyl (C=O) groups is 1. The number of piperidine rings is 1. The monoisotopic (exact) mass is 425 g/mol. The lowest BCUT2D eigenvalue weighted by Crippen LogP contribution is -2.38. The smallest absolute Gasteiger partial charge is 0.274 e. The number of aromatic nitrogens is 1. The molecular weight excluding hydrogens is 398 g/mol. The van der Waals surface area contributed by atoms with Crippen LogP contribution in [0.5, 0.6) is 0 Å². The Balaban J connectivity index is 1.21. The van der Waals surface area contributed by atoms with E-state index in [1.54, 1.807) is 11.3 Å². The van der Waals surface area contributed by atoms with Crippen LogP contribution in [0.2, 0.25) is 0 Å². The maximum absolute atomic E-state index is 12.7. The van der Waals surface area contributed by atoms with Crippen molar-refractivity contribution in [1.29, 1.82) is 0 Å². The maximum Gasteiger partial charge on any atom is 0.274 e. The van der Waals surface area contributed by atoms with Gasteiger partial charge < -0.3 is 14.3 Å². The van der Waals surface area contributed by atoms with E-state index in [1.165, 1.54) is 30.6 Å². The minimum atomic E-state index is -0.210. The number of aryl methyl sites for hydroxylation is 1. The Labute approximate surface area is 180 Å². The first-order chi connectivity index (χ1) is 14.7. The van der Waals surface area contributed by atoms with Gasteiger partial charge in [0.05, 0.1) is 13.1 Å². The van der Waals surface area contributed by atoms with Crippen LogP contribution < -0.4 is 5.32 Å². The fourth-order valence-corrected chi connectivity index (χ4v) is 5.57. The molecule has 6 nitrogen and oxygen atoms in total. The molecule has 0 saturated carbocycles. The molecule has 4 heterocycles. The molecule has 1 aliphatic carbocycles. The summed E-state index contributed by atoms with van der Waals surface area (Å²) in [6, 6.07) is 6.67. The molecule has 5 rings (SSSR count). The number of fused-ring (bicyclic) bond motifs is 3. The van der Waals surface area contributed by atoms with Gasteiger partial charge in [-0.1, -0.05) is 18.5 Å². The molecule has 3 aromatic rings. The summed E-state index contributed by atoms with van der Waals surface area (Å²) in [4.78, 5) is 16.5. The second-order valence-corrected chi connectivity index (χ2v) is 9.18. The second kappa shape index (κ2) is 8.40. The quantitative estimate of drug-likeness (QED) is 0.615. The topological polar surface area (TPSA) is 71.5 Å². The number of hydrogen-bond donors (Lipinski definition) is 1. The summed E-state index contributed by atoms with van der Waals surface area (Å²) in [7, 11) is 0. The van der Waals surface area contributed by atoms with Crippen molar-refractivity contribution in [2.24, 2.45) is 0 Å². The van der Waals surface area contributed by atoms with E-state index >= 15 is 0 Å². The highest BCUT2D eigenvalue weighted by Gasteiger charge is 2.28. The van der Waals surface area contributed by atoms with Gasteiger partial charge in [0.15, 0.2) is 11.5 Å². The molecule has 0 bridgehead atoms. The molecule has 7 heteroatoms. The van der Waals surface area contributed by atoms with Crippen molar-refractivity contribution >= 4 is 17.2 Å². The van der Waals surface area contributed by atoms with Crippen molar-refractivity contribution in [2.45, 2.75) is 64.6 Å². The Morgan fingerprint density at radius 1 is 1.27 bits per heavy atom. The van der Waals surface area contributed by atoms with Crippen LogP contribution in [0.15, 0.2) is 32.5 Å². The Bertz CT molecular complexity index is 1030. The van der Waals surface area contributed by atoms with Crippen LogP contribution in [-0.2, 0) is 25.9 Å². The average molecular weight is 426 g/mol. The van der Waals surface area contributed by atoms with Crippen LogP contribution in [0, 0.1) is 0 Å². The fourth-order valence-electron chi connectivity index (χ4n) is 4.69. The Hall–Kier alpha value is -2.38. The first-order valence-corrected chi connectivity index (χ1v) is 11.8. The Kier molecular flexibility index (Phi) is 5.48. The van der Waals surface area contributed by atoms with Gasteiger partial charge in [0.25, 0.3) is 5.91 Å².